The molecule has 0 spiro atoms. The molecule has 0 saturated carbocycles. The van der Waals surface area contributed by atoms with Crippen molar-refractivity contribution in [2.45, 2.75) is 30.3 Å². The first kappa shape index (κ1) is 23.3. The number of aryl methyl sites for hydroxylation is 2. The van der Waals surface area contributed by atoms with Crippen molar-refractivity contribution in [2.24, 2.45) is 7.05 Å². The van der Waals surface area contributed by atoms with Gasteiger partial charge in [0.15, 0.2) is 0 Å². The van der Waals surface area contributed by atoms with Gasteiger partial charge in [-0.25, -0.2) is 17.7 Å². The number of fused-ring (bicyclic) bond motifs is 2. The number of carbonyl (C=O) groups is 1. The first-order valence-electron chi connectivity index (χ1n) is 11.6. The van der Waals surface area contributed by atoms with E-state index in [4.69, 9.17) is 0 Å². The number of carbonyl (C=O) groups excluding carboxylic acids is 1. The smallest absolute Gasteiger partial charge is 0.242 e. The number of nitrogens with zero attached hydrogens (tertiary/aromatic N) is 5. The predicted octanol–water partition coefficient (Wildman–Crippen LogP) is 3.19. The molecule has 4 aromatic rings. The van der Waals surface area contributed by atoms with Crippen LogP contribution < -0.4 is 0 Å². The van der Waals surface area contributed by atoms with E-state index in [0.29, 0.717) is 24.9 Å². The van der Waals surface area contributed by atoms with Gasteiger partial charge in [-0.15, -0.1) is 0 Å². The van der Waals surface area contributed by atoms with Crippen molar-refractivity contribution in [2.75, 3.05) is 20.6 Å². The van der Waals surface area contributed by atoms with E-state index in [1.54, 1.807) is 18.2 Å². The second kappa shape index (κ2) is 8.98. The zero-order chi connectivity index (χ0) is 24.7. The van der Waals surface area contributed by atoms with Crippen LogP contribution in [0, 0.1) is 0 Å². The standard InChI is InChI=1S/C26H29N5O3S/c1-28(2)35(33,34)20-11-12-22-21(18-20)27-24(29(22)3)13-14-25(32)31-17-16-30-15-7-10-23(30)26(31)19-8-5-4-6-9-19/h4-12,15,18,26H,13-14,16-17H2,1-3H3. The Kier molecular flexibility index (Phi) is 5.98. The highest BCUT2D eigenvalue weighted by molar-refractivity contribution is 7.89. The van der Waals surface area contributed by atoms with E-state index in [1.165, 1.54) is 18.4 Å². The lowest BCUT2D eigenvalue weighted by molar-refractivity contribution is -0.133. The predicted molar refractivity (Wildman–Crippen MR) is 134 cm³/mol. The minimum absolute atomic E-state index is 0.0780. The molecule has 2 aromatic carbocycles. The number of rotatable bonds is 6. The van der Waals surface area contributed by atoms with Gasteiger partial charge < -0.3 is 14.0 Å². The van der Waals surface area contributed by atoms with Crippen LogP contribution in [-0.4, -0.2) is 58.3 Å². The molecular formula is C26H29N5O3S. The van der Waals surface area contributed by atoms with Gasteiger partial charge in [-0.2, -0.15) is 0 Å². The minimum Gasteiger partial charge on any atom is -0.348 e. The van der Waals surface area contributed by atoms with Crippen molar-refractivity contribution in [3.63, 3.8) is 0 Å². The van der Waals surface area contributed by atoms with Crippen LogP contribution in [0.5, 0.6) is 0 Å². The largest absolute Gasteiger partial charge is 0.348 e. The molecule has 0 N–H and O–H groups in total. The van der Waals surface area contributed by atoms with Gasteiger partial charge >= 0.3 is 0 Å². The molecule has 1 amide bonds. The number of hydrogen-bond donors (Lipinski definition) is 0. The number of sulfonamides is 1. The molecule has 0 bridgehead atoms. The fraction of sp³-hybridized carbons (Fsp3) is 0.308. The Balaban J connectivity index is 1.39. The summed E-state index contributed by atoms with van der Waals surface area (Å²) < 4.78 is 30.4. The maximum atomic E-state index is 13.5. The van der Waals surface area contributed by atoms with E-state index in [1.807, 2.05) is 40.8 Å². The molecule has 9 heteroatoms. The Morgan fingerprint density at radius 2 is 1.83 bits per heavy atom. The highest BCUT2D eigenvalue weighted by Crippen LogP contribution is 2.33. The first-order valence-corrected chi connectivity index (χ1v) is 13.1. The van der Waals surface area contributed by atoms with Crippen molar-refractivity contribution in [3.05, 3.63) is 83.9 Å². The van der Waals surface area contributed by atoms with Crippen molar-refractivity contribution in [3.8, 4) is 0 Å². The molecule has 35 heavy (non-hydrogen) atoms. The number of benzene rings is 2. The van der Waals surface area contributed by atoms with Crippen molar-refractivity contribution in [1.29, 1.82) is 0 Å². The maximum Gasteiger partial charge on any atom is 0.242 e. The SMILES string of the molecule is CN(C)S(=O)(=O)c1ccc2c(c1)nc(CCC(=O)N1CCn3cccc3C1c1ccccc1)n2C. The van der Waals surface area contributed by atoms with Crippen LogP contribution in [0.15, 0.2) is 71.8 Å². The molecule has 182 valence electrons. The summed E-state index contributed by atoms with van der Waals surface area (Å²) in [7, 11) is 1.37. The summed E-state index contributed by atoms with van der Waals surface area (Å²) in [5.41, 5.74) is 3.66. The maximum absolute atomic E-state index is 13.5. The van der Waals surface area contributed by atoms with Crippen LogP contribution in [-0.2, 0) is 34.8 Å². The second-order valence-corrected chi connectivity index (χ2v) is 11.2. The average Bonchev–Trinajstić information content (AvgIpc) is 3.46. The van der Waals surface area contributed by atoms with Crippen molar-refractivity contribution >= 4 is 27.0 Å². The number of amides is 1. The molecule has 2 aromatic heterocycles. The number of hydrogen-bond acceptors (Lipinski definition) is 4. The quantitative estimate of drug-likeness (QED) is 0.415. The van der Waals surface area contributed by atoms with E-state index in [9.17, 15) is 13.2 Å². The molecule has 1 aliphatic rings. The molecule has 8 nitrogen and oxygen atoms in total. The molecule has 0 aliphatic carbocycles. The van der Waals surface area contributed by atoms with E-state index in [0.717, 1.165) is 29.1 Å². The van der Waals surface area contributed by atoms with Crippen molar-refractivity contribution < 1.29 is 13.2 Å². The van der Waals surface area contributed by atoms with Gasteiger partial charge in [-0.05, 0) is 35.9 Å². The molecule has 5 rings (SSSR count). The van der Waals surface area contributed by atoms with Crippen molar-refractivity contribution in [1.82, 2.24) is 23.3 Å². The number of imidazole rings is 1. The Hall–Kier alpha value is -3.43. The molecule has 0 radical (unpaired) electrons. The van der Waals surface area contributed by atoms with Gasteiger partial charge in [0.05, 0.1) is 22.0 Å². The van der Waals surface area contributed by atoms with E-state index < -0.39 is 10.0 Å². The van der Waals surface area contributed by atoms with Gasteiger partial charge in [0.25, 0.3) is 0 Å². The summed E-state index contributed by atoms with van der Waals surface area (Å²) in [5.74, 6) is 0.832. The Morgan fingerprint density at radius 1 is 1.06 bits per heavy atom. The molecule has 1 atom stereocenters. The number of aromatic nitrogens is 3. The third kappa shape index (κ3) is 4.15. The molecule has 1 aliphatic heterocycles. The molecular weight excluding hydrogens is 462 g/mol. The van der Waals surface area contributed by atoms with Gasteiger partial charge in [-0.1, -0.05) is 30.3 Å². The third-order valence-corrected chi connectivity index (χ3v) is 8.57. The zero-order valence-electron chi connectivity index (χ0n) is 20.1. The van der Waals surface area contributed by atoms with Gasteiger partial charge in [0, 0.05) is 59.0 Å². The summed E-state index contributed by atoms with van der Waals surface area (Å²) in [6, 6.07) is 19.1. The summed E-state index contributed by atoms with van der Waals surface area (Å²) in [5, 5.41) is 0. The Labute approximate surface area is 205 Å². The fourth-order valence-electron chi connectivity index (χ4n) is 4.82. The topological polar surface area (TPSA) is 80.4 Å². The van der Waals surface area contributed by atoms with Crippen LogP contribution in [0.1, 0.15) is 29.5 Å². The van der Waals surface area contributed by atoms with Crippen LogP contribution in [0.25, 0.3) is 11.0 Å². The van der Waals surface area contributed by atoms with Crippen LogP contribution in [0.4, 0.5) is 0 Å². The fourth-order valence-corrected chi connectivity index (χ4v) is 5.75. The minimum atomic E-state index is -3.54. The summed E-state index contributed by atoms with van der Waals surface area (Å²) >= 11 is 0. The average molecular weight is 492 g/mol. The second-order valence-electron chi connectivity index (χ2n) is 9.05. The molecule has 0 saturated heterocycles. The normalized spacial score (nSPS) is 16.1. The molecule has 1 unspecified atom stereocenters. The van der Waals surface area contributed by atoms with Gasteiger partial charge in [0.1, 0.15) is 5.82 Å². The van der Waals surface area contributed by atoms with Gasteiger partial charge in [0.2, 0.25) is 15.9 Å². The first-order chi connectivity index (χ1) is 16.8. The third-order valence-electron chi connectivity index (χ3n) is 6.76. The summed E-state index contributed by atoms with van der Waals surface area (Å²) in [6.45, 7) is 1.42. The monoisotopic (exact) mass is 491 g/mol. The van der Waals surface area contributed by atoms with Crippen LogP contribution in [0.2, 0.25) is 0 Å². The lowest BCUT2D eigenvalue weighted by Crippen LogP contribution is -2.42. The van der Waals surface area contributed by atoms with Gasteiger partial charge in [-0.3, -0.25) is 4.79 Å². The van der Waals surface area contributed by atoms with E-state index in [2.05, 4.69) is 33.9 Å². The highest BCUT2D eigenvalue weighted by atomic mass is 32.2. The molecule has 0 fully saturated rings. The van der Waals surface area contributed by atoms with E-state index in [-0.39, 0.29) is 16.8 Å². The Morgan fingerprint density at radius 3 is 2.57 bits per heavy atom. The van der Waals surface area contributed by atoms with Crippen LogP contribution in [0.3, 0.4) is 0 Å². The zero-order valence-corrected chi connectivity index (χ0v) is 20.9. The summed E-state index contributed by atoms with van der Waals surface area (Å²) in [6.07, 6.45) is 2.86. The lowest BCUT2D eigenvalue weighted by atomic mass is 9.99. The van der Waals surface area contributed by atoms with Crippen LogP contribution >= 0.6 is 0 Å². The lowest BCUT2D eigenvalue weighted by Gasteiger charge is -2.37. The summed E-state index contributed by atoms with van der Waals surface area (Å²) in [4.78, 5) is 20.3. The highest BCUT2D eigenvalue weighted by Gasteiger charge is 2.32. The van der Waals surface area contributed by atoms with E-state index >= 15 is 0 Å². The molecule has 3 heterocycles. The Bertz CT molecular complexity index is 1490.